The number of hydrogen-bond acceptors (Lipinski definition) is 4. The molecule has 2 bridgehead atoms. The Morgan fingerprint density at radius 1 is 1.30 bits per heavy atom. The minimum absolute atomic E-state index is 0.106. The van der Waals surface area contributed by atoms with Crippen LogP contribution in [0.5, 0.6) is 0 Å². The fourth-order valence-corrected chi connectivity index (χ4v) is 7.48. The van der Waals surface area contributed by atoms with Crippen LogP contribution in [-0.4, -0.2) is 34.1 Å². The summed E-state index contributed by atoms with van der Waals surface area (Å²) < 4.78 is 13.3. The normalized spacial score (nSPS) is 32.9. The van der Waals surface area contributed by atoms with Gasteiger partial charge in [-0.15, -0.1) is 11.8 Å². The van der Waals surface area contributed by atoms with E-state index in [2.05, 4.69) is 70.3 Å². The first-order valence-corrected chi connectivity index (χ1v) is 13.2. The maximum atomic E-state index is 9.58. The molecule has 2 fully saturated rings. The average Bonchev–Trinajstić information content (AvgIpc) is 3.32. The molecule has 1 N–H and O–H groups in total. The molecule has 4 rings (SSSR count). The summed E-state index contributed by atoms with van der Waals surface area (Å²) in [5.74, 6) is 2.09. The predicted molar refractivity (Wildman–Crippen MR) is 139 cm³/mol. The number of aliphatic hydroxyl groups excluding tert-OH is 1. The summed E-state index contributed by atoms with van der Waals surface area (Å²) in [6, 6.07) is 10.4. The van der Waals surface area contributed by atoms with Crippen LogP contribution in [0.25, 0.3) is 6.08 Å². The average molecular weight is 467 g/mol. The largest absolute Gasteiger partial charge is 0.490 e. The lowest BCUT2D eigenvalue weighted by Gasteiger charge is -2.49. The third kappa shape index (κ3) is 4.62. The van der Waals surface area contributed by atoms with E-state index < -0.39 is 5.60 Å². The summed E-state index contributed by atoms with van der Waals surface area (Å²) in [6.07, 6.45) is 9.21. The summed E-state index contributed by atoms with van der Waals surface area (Å²) in [5.41, 5.74) is 5.00. The molecule has 1 aromatic carbocycles. The molecular formula is C29H38O3S. The molecule has 2 heterocycles. The first-order chi connectivity index (χ1) is 15.8. The molecule has 0 aromatic heterocycles. The first-order valence-electron chi connectivity index (χ1n) is 12.2. The number of rotatable bonds is 10. The second-order valence-electron chi connectivity index (χ2n) is 9.94. The number of thioether (sulfide) groups is 1. The zero-order valence-electron chi connectivity index (χ0n) is 20.3. The Morgan fingerprint density at radius 2 is 2.06 bits per heavy atom. The Morgan fingerprint density at radius 3 is 2.76 bits per heavy atom. The summed E-state index contributed by atoms with van der Waals surface area (Å²) in [4.78, 5) is -0.341. The maximum Gasteiger partial charge on any atom is 0.131 e. The number of hydrogen-bond donors (Lipinski definition) is 1. The zero-order valence-corrected chi connectivity index (χ0v) is 21.1. The number of ether oxygens (including phenoxy) is 2. The highest BCUT2D eigenvalue weighted by Crippen LogP contribution is 2.65. The van der Waals surface area contributed by atoms with E-state index in [9.17, 15) is 5.11 Å². The molecule has 3 aliphatic rings. The molecule has 1 aliphatic carbocycles. The molecule has 5 atom stereocenters. The lowest BCUT2D eigenvalue weighted by molar-refractivity contribution is -0.147. The summed E-state index contributed by atoms with van der Waals surface area (Å²) in [5, 5.41) is 9.58. The van der Waals surface area contributed by atoms with Crippen molar-refractivity contribution in [1.29, 1.82) is 0 Å². The van der Waals surface area contributed by atoms with Gasteiger partial charge in [-0.3, -0.25) is 0 Å². The predicted octanol–water partition coefficient (Wildman–Crippen LogP) is 6.91. The fourth-order valence-electron chi connectivity index (χ4n) is 6.02. The Labute approximate surface area is 203 Å². The first kappa shape index (κ1) is 24.4. The van der Waals surface area contributed by atoms with Crippen LogP contribution in [0.4, 0.5) is 0 Å². The molecule has 5 unspecified atom stereocenters. The van der Waals surface area contributed by atoms with Crippen LogP contribution in [0, 0.1) is 11.8 Å². The van der Waals surface area contributed by atoms with Gasteiger partial charge < -0.3 is 14.6 Å². The van der Waals surface area contributed by atoms with Gasteiger partial charge in [-0.25, -0.2) is 0 Å². The van der Waals surface area contributed by atoms with Gasteiger partial charge in [0.1, 0.15) is 22.4 Å². The van der Waals surface area contributed by atoms with Crippen LogP contribution >= 0.6 is 11.8 Å². The molecule has 2 saturated heterocycles. The van der Waals surface area contributed by atoms with Gasteiger partial charge in [0, 0.05) is 18.3 Å². The van der Waals surface area contributed by atoms with E-state index in [0.717, 1.165) is 43.4 Å². The van der Waals surface area contributed by atoms with Crippen molar-refractivity contribution in [2.24, 2.45) is 11.8 Å². The summed E-state index contributed by atoms with van der Waals surface area (Å²) in [6.45, 7) is 15.0. The minimum atomic E-state index is -0.399. The van der Waals surface area contributed by atoms with Crippen molar-refractivity contribution < 1.29 is 14.6 Å². The van der Waals surface area contributed by atoms with Crippen molar-refractivity contribution in [3.8, 4) is 0 Å². The number of allylic oxidation sites excluding steroid dienone is 3. The standard InChI is InChI=1S/C29H38O3S/c1-6-16-33-29-18-26(31-22(4)19-30)28(5,32-29)24-15-13-21(3)27(24)25(29)17-20(2)12-14-23-10-8-7-9-11-23/h7-12,14,24-26,30H,2,4,6,13,15-19H2,1,3,5H3/b14-12+. The van der Waals surface area contributed by atoms with Gasteiger partial charge in [0.15, 0.2) is 0 Å². The van der Waals surface area contributed by atoms with Crippen LogP contribution in [0.2, 0.25) is 0 Å². The third-order valence-corrected chi connectivity index (χ3v) is 9.23. The SMILES string of the molecule is C=C(/C=C/c1ccccc1)CC1C2=C(C)CCC2C2(C)OC1(SCCC)CC2OC(=C)CO. The summed E-state index contributed by atoms with van der Waals surface area (Å²) in [7, 11) is 0. The Hall–Kier alpha value is -1.75. The van der Waals surface area contributed by atoms with Crippen molar-refractivity contribution in [2.75, 3.05) is 12.4 Å². The van der Waals surface area contributed by atoms with E-state index in [-0.39, 0.29) is 23.6 Å². The highest BCUT2D eigenvalue weighted by Gasteiger charge is 2.67. The van der Waals surface area contributed by atoms with E-state index >= 15 is 0 Å². The van der Waals surface area contributed by atoms with Gasteiger partial charge in [0.2, 0.25) is 0 Å². The van der Waals surface area contributed by atoms with E-state index in [1.54, 1.807) is 5.57 Å². The molecule has 0 spiro atoms. The van der Waals surface area contributed by atoms with Gasteiger partial charge in [0.05, 0.1) is 6.61 Å². The van der Waals surface area contributed by atoms with Gasteiger partial charge in [-0.2, -0.15) is 0 Å². The number of benzene rings is 1. The van der Waals surface area contributed by atoms with Crippen molar-refractivity contribution in [1.82, 2.24) is 0 Å². The molecule has 4 heteroatoms. The van der Waals surface area contributed by atoms with E-state index in [4.69, 9.17) is 9.47 Å². The van der Waals surface area contributed by atoms with Crippen molar-refractivity contribution in [2.45, 2.75) is 69.5 Å². The van der Waals surface area contributed by atoms with Gasteiger partial charge in [-0.05, 0) is 50.8 Å². The second-order valence-corrected chi connectivity index (χ2v) is 11.3. The lowest BCUT2D eigenvalue weighted by atomic mass is 9.74. The smallest absolute Gasteiger partial charge is 0.131 e. The third-order valence-electron chi connectivity index (χ3n) is 7.59. The van der Waals surface area contributed by atoms with Gasteiger partial charge >= 0.3 is 0 Å². The molecule has 0 saturated carbocycles. The fraction of sp³-hybridized carbons (Fsp3) is 0.517. The van der Waals surface area contributed by atoms with E-state index in [1.807, 2.05) is 17.8 Å². The molecule has 2 aliphatic heterocycles. The molecule has 1 aromatic rings. The van der Waals surface area contributed by atoms with Crippen LogP contribution in [0.3, 0.4) is 0 Å². The van der Waals surface area contributed by atoms with Crippen LogP contribution in [0.1, 0.15) is 58.4 Å². The van der Waals surface area contributed by atoms with E-state index in [1.165, 1.54) is 11.1 Å². The highest BCUT2D eigenvalue weighted by atomic mass is 32.2. The molecule has 3 nitrogen and oxygen atoms in total. The lowest BCUT2D eigenvalue weighted by Crippen LogP contribution is -2.52. The maximum absolute atomic E-state index is 9.58. The second kappa shape index (κ2) is 9.85. The minimum Gasteiger partial charge on any atom is -0.490 e. The van der Waals surface area contributed by atoms with E-state index in [0.29, 0.717) is 11.7 Å². The summed E-state index contributed by atoms with van der Waals surface area (Å²) >= 11 is 1.95. The molecule has 0 amide bonds. The topological polar surface area (TPSA) is 38.7 Å². The van der Waals surface area contributed by atoms with Crippen molar-refractivity contribution in [3.63, 3.8) is 0 Å². The van der Waals surface area contributed by atoms with Crippen molar-refractivity contribution in [3.05, 3.63) is 77.6 Å². The van der Waals surface area contributed by atoms with Gasteiger partial charge in [-0.1, -0.05) is 79.3 Å². The monoisotopic (exact) mass is 466 g/mol. The molecule has 0 radical (unpaired) electrons. The number of aliphatic hydroxyl groups is 1. The Kier molecular flexibility index (Phi) is 7.28. The Balaban J connectivity index is 1.67. The van der Waals surface area contributed by atoms with Gasteiger partial charge in [0.25, 0.3) is 0 Å². The molecule has 178 valence electrons. The van der Waals surface area contributed by atoms with Crippen LogP contribution in [-0.2, 0) is 9.47 Å². The molecule has 33 heavy (non-hydrogen) atoms. The quantitative estimate of drug-likeness (QED) is 0.231. The van der Waals surface area contributed by atoms with Crippen LogP contribution < -0.4 is 0 Å². The number of fused-ring (bicyclic) bond motifs is 4. The van der Waals surface area contributed by atoms with Crippen molar-refractivity contribution >= 4 is 17.8 Å². The highest BCUT2D eigenvalue weighted by molar-refractivity contribution is 8.00. The Bertz CT molecular complexity index is 949. The zero-order chi connectivity index (χ0) is 23.6. The van der Waals surface area contributed by atoms with Crippen LogP contribution in [0.15, 0.2) is 72.0 Å². The molecular weight excluding hydrogens is 428 g/mol.